The molecule has 0 aliphatic rings. The van der Waals surface area contributed by atoms with Crippen molar-refractivity contribution in [1.29, 1.82) is 0 Å². The standard InChI is InChI=1S/C52H34N4.C51H33N5/c1-4-14-36(15-5-1)45-33-39(34-46(54-45)37-16-6-2-7-17-37)35-25-28-41(29-26-35)56-48-30-27-38(32-44(48)52-50(56)24-13-31-53-52)42-21-12-23-49-51(42)43-20-10-11-22-47(43)55(49)40-18-8-3-9-19-40;1-4-14-34(15-5-1)43-33-44(54-51(53-43)36-16-6-2-7-17-36)35-25-28-39(29-26-35)56-46-30-27-37(32-42(46)50-48(56)24-13-31-52-50)40-21-12-23-47-49(40)41-20-10-11-22-45(41)55(47)38-18-8-3-9-19-38/h1-34H;1-33H. The van der Waals surface area contributed by atoms with E-state index in [4.69, 9.17) is 24.9 Å². The zero-order valence-electron chi connectivity index (χ0n) is 60.7. The summed E-state index contributed by atoms with van der Waals surface area (Å²) in [5.41, 5.74) is 31.5. The van der Waals surface area contributed by atoms with E-state index in [0.29, 0.717) is 5.82 Å². The molecule has 0 aliphatic carbocycles. The fraction of sp³-hybridized carbons (Fsp3) is 0. The quantitative estimate of drug-likeness (QED) is 0.122. The number of fused-ring (bicyclic) bond motifs is 12. The number of hydrogen-bond donors (Lipinski definition) is 0. The summed E-state index contributed by atoms with van der Waals surface area (Å²) in [7, 11) is 0. The lowest BCUT2D eigenvalue weighted by atomic mass is 9.98. The monoisotopic (exact) mass is 1430 g/mol. The molecule has 0 saturated carbocycles. The molecule has 0 amide bonds. The first kappa shape index (κ1) is 65.1. The Bertz CT molecular complexity index is 6760. The third kappa shape index (κ3) is 11.4. The number of para-hydroxylation sites is 4. The predicted molar refractivity (Wildman–Crippen MR) is 463 cm³/mol. The Morgan fingerprint density at radius 2 is 0.500 bits per heavy atom. The van der Waals surface area contributed by atoms with Gasteiger partial charge in [-0.15, -0.1) is 0 Å². The third-order valence-electron chi connectivity index (χ3n) is 21.8. The van der Waals surface area contributed by atoms with E-state index < -0.39 is 0 Å². The fourth-order valence-electron chi connectivity index (χ4n) is 16.7. The van der Waals surface area contributed by atoms with Crippen molar-refractivity contribution in [1.82, 2.24) is 43.2 Å². The van der Waals surface area contributed by atoms with Crippen LogP contribution in [0.15, 0.2) is 407 Å². The van der Waals surface area contributed by atoms with Gasteiger partial charge in [0.15, 0.2) is 5.82 Å². The van der Waals surface area contributed by atoms with E-state index in [9.17, 15) is 0 Å². The molecule has 8 aromatic heterocycles. The zero-order chi connectivity index (χ0) is 74.0. The molecule has 0 fully saturated rings. The first-order valence-electron chi connectivity index (χ1n) is 37.9. The summed E-state index contributed by atoms with van der Waals surface area (Å²) in [5.74, 6) is 0.704. The largest absolute Gasteiger partial charge is 0.309 e. The summed E-state index contributed by atoms with van der Waals surface area (Å²) in [6.07, 6.45) is 3.79. The maximum Gasteiger partial charge on any atom is 0.160 e. The number of hydrogen-bond acceptors (Lipinski definition) is 5. The third-order valence-corrected chi connectivity index (χ3v) is 21.8. The van der Waals surface area contributed by atoms with Crippen molar-refractivity contribution in [2.24, 2.45) is 0 Å². The summed E-state index contributed by atoms with van der Waals surface area (Å²) < 4.78 is 9.40. The van der Waals surface area contributed by atoms with Crippen LogP contribution >= 0.6 is 0 Å². The Morgan fingerprint density at radius 3 is 0.938 bits per heavy atom. The van der Waals surface area contributed by atoms with E-state index in [-0.39, 0.29) is 0 Å². The van der Waals surface area contributed by atoms with Crippen LogP contribution in [-0.2, 0) is 0 Å². The van der Waals surface area contributed by atoms with Gasteiger partial charge in [0.05, 0.1) is 77.9 Å². The molecule has 22 rings (SSSR count). The highest BCUT2D eigenvalue weighted by atomic mass is 15.0. The van der Waals surface area contributed by atoms with Gasteiger partial charge in [-0.2, -0.15) is 0 Å². The molecule has 8 heterocycles. The van der Waals surface area contributed by atoms with Crippen LogP contribution in [0, 0.1) is 0 Å². The molecule has 0 radical (unpaired) electrons. The minimum atomic E-state index is 0.704. The molecule has 0 N–H and O–H groups in total. The molecule has 22 aromatic rings. The first-order chi connectivity index (χ1) is 55.6. The molecule has 0 aliphatic heterocycles. The maximum atomic E-state index is 5.09. The molecular weight excluding hydrogens is 1360 g/mol. The average molecular weight is 1430 g/mol. The van der Waals surface area contributed by atoms with E-state index in [1.165, 1.54) is 60.3 Å². The van der Waals surface area contributed by atoms with Crippen LogP contribution in [-0.4, -0.2) is 43.2 Å². The predicted octanol–water partition coefficient (Wildman–Crippen LogP) is 26.1. The topological polar surface area (TPSA) is 84.2 Å². The number of aromatic nitrogens is 9. The minimum absolute atomic E-state index is 0.704. The minimum Gasteiger partial charge on any atom is -0.309 e. The highest BCUT2D eigenvalue weighted by Crippen LogP contribution is 2.45. The van der Waals surface area contributed by atoms with Gasteiger partial charge in [0.2, 0.25) is 0 Å². The normalized spacial score (nSPS) is 11.6. The summed E-state index contributed by atoms with van der Waals surface area (Å²) in [6, 6.07) is 139. The number of pyridine rings is 3. The first-order valence-corrected chi connectivity index (χ1v) is 37.9. The molecule has 0 atom stereocenters. The molecule has 524 valence electrons. The van der Waals surface area contributed by atoms with Crippen molar-refractivity contribution in [2.45, 2.75) is 0 Å². The second-order valence-corrected chi connectivity index (χ2v) is 28.3. The van der Waals surface area contributed by atoms with Crippen LogP contribution in [0.2, 0.25) is 0 Å². The second-order valence-electron chi connectivity index (χ2n) is 28.3. The molecule has 14 aromatic carbocycles. The van der Waals surface area contributed by atoms with Gasteiger partial charge in [-0.25, -0.2) is 15.0 Å². The van der Waals surface area contributed by atoms with Crippen LogP contribution in [0.5, 0.6) is 0 Å². The van der Waals surface area contributed by atoms with Gasteiger partial charge in [-0.05, 0) is 173 Å². The van der Waals surface area contributed by atoms with Gasteiger partial charge < -0.3 is 18.3 Å². The highest BCUT2D eigenvalue weighted by molar-refractivity contribution is 6.19. The van der Waals surface area contributed by atoms with E-state index in [1.807, 2.05) is 73.1 Å². The maximum absolute atomic E-state index is 5.09. The Morgan fingerprint density at radius 1 is 0.179 bits per heavy atom. The van der Waals surface area contributed by atoms with Crippen LogP contribution in [0.1, 0.15) is 0 Å². The summed E-state index contributed by atoms with van der Waals surface area (Å²) in [4.78, 5) is 25.0. The van der Waals surface area contributed by atoms with E-state index in [2.05, 4.69) is 352 Å². The smallest absolute Gasteiger partial charge is 0.160 e. The molecule has 0 saturated heterocycles. The van der Waals surface area contributed by atoms with Crippen molar-refractivity contribution < 1.29 is 0 Å². The van der Waals surface area contributed by atoms with E-state index in [0.717, 1.165) is 134 Å². The second kappa shape index (κ2) is 27.5. The zero-order valence-corrected chi connectivity index (χ0v) is 60.7. The highest BCUT2D eigenvalue weighted by Gasteiger charge is 2.23. The van der Waals surface area contributed by atoms with Gasteiger partial charge in [-0.3, -0.25) is 9.97 Å². The number of nitrogens with zero attached hydrogens (tertiary/aromatic N) is 9. The Balaban J connectivity index is 0.000000141. The van der Waals surface area contributed by atoms with Gasteiger partial charge >= 0.3 is 0 Å². The molecule has 0 spiro atoms. The molecular formula is C103H67N9. The Hall–Kier alpha value is -15.2. The van der Waals surface area contributed by atoms with Crippen molar-refractivity contribution in [3.8, 4) is 113 Å². The molecule has 0 bridgehead atoms. The van der Waals surface area contributed by atoms with Crippen molar-refractivity contribution >= 4 is 87.5 Å². The SMILES string of the molecule is c1ccc(-c2cc(-c3ccc(-n4c5ccc(-c6cccc7c6c6ccccc6n7-c6ccccc6)cc5c5ncccc54)cc3)cc(-c3ccccc3)n2)cc1.c1ccc(-c2cc(-c3ccc(-n4c5ccc(-c6cccc7c6c6ccccc6n7-c6ccccc6)cc5c5ncccc54)cc3)nc(-c3ccccc3)n2)cc1. The van der Waals surface area contributed by atoms with Gasteiger partial charge in [-0.1, -0.05) is 255 Å². The van der Waals surface area contributed by atoms with Gasteiger partial charge in [0.1, 0.15) is 0 Å². The lowest BCUT2D eigenvalue weighted by molar-refractivity contribution is 1.17. The van der Waals surface area contributed by atoms with Gasteiger partial charge in [0.25, 0.3) is 0 Å². The molecule has 112 heavy (non-hydrogen) atoms. The Labute approximate surface area is 645 Å². The van der Waals surface area contributed by atoms with Gasteiger partial charge in [0, 0.05) is 95.3 Å². The Kier molecular flexibility index (Phi) is 16.0. The lowest BCUT2D eigenvalue weighted by Crippen LogP contribution is -1.97. The fourth-order valence-corrected chi connectivity index (χ4v) is 16.7. The molecule has 9 heteroatoms. The van der Waals surface area contributed by atoms with Crippen LogP contribution in [0.25, 0.3) is 200 Å². The van der Waals surface area contributed by atoms with Crippen molar-refractivity contribution in [3.63, 3.8) is 0 Å². The van der Waals surface area contributed by atoms with Crippen LogP contribution in [0.4, 0.5) is 0 Å². The lowest BCUT2D eigenvalue weighted by Gasteiger charge is -2.12. The van der Waals surface area contributed by atoms with E-state index >= 15 is 0 Å². The number of benzene rings is 14. The van der Waals surface area contributed by atoms with Crippen LogP contribution in [0.3, 0.4) is 0 Å². The summed E-state index contributed by atoms with van der Waals surface area (Å²) >= 11 is 0. The van der Waals surface area contributed by atoms with E-state index in [1.54, 1.807) is 0 Å². The molecule has 9 nitrogen and oxygen atoms in total. The molecule has 0 unspecified atom stereocenters. The average Bonchev–Trinajstić information content (AvgIpc) is 1.58. The van der Waals surface area contributed by atoms with Crippen molar-refractivity contribution in [3.05, 3.63) is 407 Å². The summed E-state index contributed by atoms with van der Waals surface area (Å²) in [5, 5.41) is 7.21. The van der Waals surface area contributed by atoms with Crippen molar-refractivity contribution in [2.75, 3.05) is 0 Å². The summed E-state index contributed by atoms with van der Waals surface area (Å²) in [6.45, 7) is 0. The van der Waals surface area contributed by atoms with Crippen LogP contribution < -0.4 is 0 Å². The number of rotatable bonds is 12.